The molecular formula is C18H28ClN3O2. The average molecular weight is 354 g/mol. The van der Waals surface area contributed by atoms with E-state index in [2.05, 4.69) is 17.3 Å². The molecule has 0 atom stereocenters. The van der Waals surface area contributed by atoms with E-state index in [-0.39, 0.29) is 12.1 Å². The quantitative estimate of drug-likeness (QED) is 0.794. The van der Waals surface area contributed by atoms with Gasteiger partial charge in [-0.2, -0.15) is 0 Å². The van der Waals surface area contributed by atoms with Crippen molar-refractivity contribution in [2.24, 2.45) is 0 Å². The lowest BCUT2D eigenvalue weighted by molar-refractivity contribution is 0.125. The zero-order valence-corrected chi connectivity index (χ0v) is 15.6. The van der Waals surface area contributed by atoms with Gasteiger partial charge in [0.15, 0.2) is 0 Å². The normalized spacial score (nSPS) is 16.2. The number of hydrogen-bond donors (Lipinski definition) is 1. The van der Waals surface area contributed by atoms with Gasteiger partial charge in [-0.1, -0.05) is 23.7 Å². The van der Waals surface area contributed by atoms with Crippen LogP contribution in [0, 0.1) is 6.92 Å². The maximum atomic E-state index is 12.9. The molecule has 2 amide bonds. The summed E-state index contributed by atoms with van der Waals surface area (Å²) in [5, 5.41) is 3.59. The fourth-order valence-corrected chi connectivity index (χ4v) is 3.37. The van der Waals surface area contributed by atoms with E-state index in [0.717, 1.165) is 37.9 Å². The summed E-state index contributed by atoms with van der Waals surface area (Å²) in [6.45, 7) is 5.33. The maximum absolute atomic E-state index is 12.9. The molecule has 5 nitrogen and oxygen atoms in total. The lowest BCUT2D eigenvalue weighted by Gasteiger charge is -2.37. The molecule has 1 aliphatic rings. The molecule has 1 aliphatic heterocycles. The molecule has 0 aromatic heterocycles. The fourth-order valence-electron chi connectivity index (χ4n) is 3.10. The van der Waals surface area contributed by atoms with Crippen LogP contribution in [0.2, 0.25) is 5.02 Å². The molecule has 6 heteroatoms. The minimum Gasteiger partial charge on any atom is -0.385 e. The number of anilines is 1. The molecule has 2 rings (SSSR count). The summed E-state index contributed by atoms with van der Waals surface area (Å²) >= 11 is 6.25. The fraction of sp³-hybridized carbons (Fsp3) is 0.611. The number of halogens is 1. The van der Waals surface area contributed by atoms with E-state index in [9.17, 15) is 4.79 Å². The molecule has 0 bridgehead atoms. The predicted octanol–water partition coefficient (Wildman–Crippen LogP) is 3.61. The second-order valence-electron chi connectivity index (χ2n) is 6.44. The van der Waals surface area contributed by atoms with Crippen LogP contribution in [-0.2, 0) is 4.74 Å². The van der Waals surface area contributed by atoms with Gasteiger partial charge in [0.05, 0.1) is 10.7 Å². The number of likely N-dealkylation sites (tertiary alicyclic amines) is 1. The number of methoxy groups -OCH3 is 1. The molecular weight excluding hydrogens is 326 g/mol. The monoisotopic (exact) mass is 353 g/mol. The van der Waals surface area contributed by atoms with Crippen molar-refractivity contribution < 1.29 is 9.53 Å². The third-order valence-corrected chi connectivity index (χ3v) is 4.91. The van der Waals surface area contributed by atoms with Gasteiger partial charge in [0, 0.05) is 26.3 Å². The number of benzene rings is 1. The summed E-state index contributed by atoms with van der Waals surface area (Å²) in [6, 6.07) is 5.83. The first kappa shape index (κ1) is 19.0. The molecule has 0 radical (unpaired) electrons. The van der Waals surface area contributed by atoms with Gasteiger partial charge in [-0.3, -0.25) is 0 Å². The molecule has 1 N–H and O–H groups in total. The highest BCUT2D eigenvalue weighted by atomic mass is 35.5. The van der Waals surface area contributed by atoms with Crippen LogP contribution < -0.4 is 5.32 Å². The molecule has 1 aromatic rings. The Morgan fingerprint density at radius 3 is 2.75 bits per heavy atom. The topological polar surface area (TPSA) is 44.8 Å². The lowest BCUT2D eigenvalue weighted by atomic mass is 10.0. The Kier molecular flexibility index (Phi) is 7.34. The number of nitrogens with zero attached hydrogens (tertiary/aromatic N) is 2. The largest absolute Gasteiger partial charge is 0.385 e. The molecule has 1 heterocycles. The second-order valence-corrected chi connectivity index (χ2v) is 6.84. The van der Waals surface area contributed by atoms with Gasteiger partial charge >= 0.3 is 6.03 Å². The van der Waals surface area contributed by atoms with Crippen LogP contribution in [0.4, 0.5) is 10.5 Å². The Hall–Kier alpha value is -1.30. The second kappa shape index (κ2) is 9.25. The van der Waals surface area contributed by atoms with Gasteiger partial charge in [-0.05, 0) is 58.0 Å². The molecule has 0 unspecified atom stereocenters. The molecule has 0 aliphatic carbocycles. The number of hydrogen-bond acceptors (Lipinski definition) is 3. The van der Waals surface area contributed by atoms with Crippen LogP contribution in [0.15, 0.2) is 18.2 Å². The number of piperidine rings is 1. The number of aryl methyl sites for hydroxylation is 1. The van der Waals surface area contributed by atoms with E-state index in [4.69, 9.17) is 16.3 Å². The summed E-state index contributed by atoms with van der Waals surface area (Å²) in [5.41, 5.74) is 1.67. The number of nitrogens with one attached hydrogen (secondary N) is 1. The zero-order valence-electron chi connectivity index (χ0n) is 14.8. The van der Waals surface area contributed by atoms with Crippen molar-refractivity contribution in [2.75, 3.05) is 45.7 Å². The molecule has 24 heavy (non-hydrogen) atoms. The van der Waals surface area contributed by atoms with Crippen molar-refractivity contribution in [2.45, 2.75) is 32.2 Å². The number of rotatable bonds is 6. The van der Waals surface area contributed by atoms with E-state index in [0.29, 0.717) is 23.9 Å². The first-order chi connectivity index (χ1) is 11.5. The highest BCUT2D eigenvalue weighted by molar-refractivity contribution is 6.33. The van der Waals surface area contributed by atoms with Crippen LogP contribution in [0.3, 0.4) is 0 Å². The summed E-state index contributed by atoms with van der Waals surface area (Å²) in [5.74, 6) is 0. The highest BCUT2D eigenvalue weighted by Gasteiger charge is 2.27. The van der Waals surface area contributed by atoms with Crippen molar-refractivity contribution >= 4 is 23.3 Å². The third kappa shape index (κ3) is 5.10. The molecule has 134 valence electrons. The van der Waals surface area contributed by atoms with Gasteiger partial charge < -0.3 is 19.9 Å². The third-order valence-electron chi connectivity index (χ3n) is 4.59. The van der Waals surface area contributed by atoms with Gasteiger partial charge in [0.2, 0.25) is 0 Å². The SMILES string of the molecule is COCCCN(C(=O)Nc1c(C)cccc1Cl)C1CCN(C)CC1. The standard InChI is InChI=1S/C18H28ClN3O2/c1-14-6-4-7-16(19)17(14)20-18(23)22(10-5-13-24-3)15-8-11-21(2)12-9-15/h4,6-7,15H,5,8-13H2,1-3H3,(H,20,23). The number of para-hydroxylation sites is 1. The smallest absolute Gasteiger partial charge is 0.322 e. The Morgan fingerprint density at radius 1 is 1.42 bits per heavy atom. The molecule has 0 spiro atoms. The van der Waals surface area contributed by atoms with Gasteiger partial charge in [-0.15, -0.1) is 0 Å². The maximum Gasteiger partial charge on any atom is 0.322 e. The van der Waals surface area contributed by atoms with E-state index < -0.39 is 0 Å². The number of ether oxygens (including phenoxy) is 1. The van der Waals surface area contributed by atoms with Crippen molar-refractivity contribution in [3.63, 3.8) is 0 Å². The van der Waals surface area contributed by atoms with Crippen LogP contribution in [-0.4, -0.2) is 62.3 Å². The van der Waals surface area contributed by atoms with Crippen molar-refractivity contribution in [1.29, 1.82) is 0 Å². The summed E-state index contributed by atoms with van der Waals surface area (Å²) in [6.07, 6.45) is 2.83. The minimum atomic E-state index is -0.0724. The Bertz CT molecular complexity index is 525. The van der Waals surface area contributed by atoms with Crippen LogP contribution in [0.25, 0.3) is 0 Å². The first-order valence-corrected chi connectivity index (χ1v) is 8.91. The molecule has 1 saturated heterocycles. The Labute approximate surface area is 149 Å². The molecule has 1 aromatic carbocycles. The van der Waals surface area contributed by atoms with Crippen LogP contribution >= 0.6 is 11.6 Å². The van der Waals surface area contributed by atoms with E-state index in [1.165, 1.54) is 0 Å². The number of amides is 2. The number of urea groups is 1. The van der Waals surface area contributed by atoms with Gasteiger partial charge in [0.1, 0.15) is 0 Å². The lowest BCUT2D eigenvalue weighted by Crippen LogP contribution is -2.48. The zero-order chi connectivity index (χ0) is 17.5. The van der Waals surface area contributed by atoms with Crippen LogP contribution in [0.5, 0.6) is 0 Å². The highest BCUT2D eigenvalue weighted by Crippen LogP contribution is 2.26. The summed E-state index contributed by atoms with van der Waals surface area (Å²) < 4.78 is 5.15. The van der Waals surface area contributed by atoms with Crippen molar-refractivity contribution in [1.82, 2.24) is 9.80 Å². The molecule has 1 fully saturated rings. The van der Waals surface area contributed by atoms with E-state index >= 15 is 0 Å². The van der Waals surface area contributed by atoms with Crippen molar-refractivity contribution in [3.8, 4) is 0 Å². The predicted molar refractivity (Wildman–Crippen MR) is 98.9 cm³/mol. The Morgan fingerprint density at radius 2 is 2.12 bits per heavy atom. The Balaban J connectivity index is 2.08. The van der Waals surface area contributed by atoms with E-state index in [1.54, 1.807) is 13.2 Å². The summed E-state index contributed by atoms with van der Waals surface area (Å²) in [7, 11) is 3.81. The number of carbonyl (C=O) groups excluding carboxylic acids is 1. The number of carbonyl (C=O) groups is 1. The first-order valence-electron chi connectivity index (χ1n) is 8.53. The van der Waals surface area contributed by atoms with Gasteiger partial charge in [0.25, 0.3) is 0 Å². The van der Waals surface area contributed by atoms with Gasteiger partial charge in [-0.25, -0.2) is 4.79 Å². The van der Waals surface area contributed by atoms with Crippen molar-refractivity contribution in [3.05, 3.63) is 28.8 Å². The van der Waals surface area contributed by atoms with Crippen LogP contribution in [0.1, 0.15) is 24.8 Å². The molecule has 0 saturated carbocycles. The summed E-state index contributed by atoms with van der Waals surface area (Å²) in [4.78, 5) is 17.2. The minimum absolute atomic E-state index is 0.0724. The average Bonchev–Trinajstić information content (AvgIpc) is 2.56. The van der Waals surface area contributed by atoms with E-state index in [1.807, 2.05) is 24.0 Å².